The van der Waals surface area contributed by atoms with E-state index in [1.165, 1.54) is 25.7 Å². The lowest BCUT2D eigenvalue weighted by Gasteiger charge is -2.34. The predicted octanol–water partition coefficient (Wildman–Crippen LogP) is 3.00. The van der Waals surface area contributed by atoms with E-state index in [0.717, 1.165) is 47.3 Å². The number of pyridine rings is 2. The first-order chi connectivity index (χ1) is 16.3. The average Bonchev–Trinajstić information content (AvgIpc) is 3.50. The van der Waals surface area contributed by atoms with Gasteiger partial charge in [-0.15, -0.1) is 0 Å². The van der Waals surface area contributed by atoms with E-state index in [1.807, 2.05) is 30.9 Å². The van der Waals surface area contributed by atoms with Gasteiger partial charge < -0.3 is 25.2 Å². The summed E-state index contributed by atoms with van der Waals surface area (Å²) in [6.45, 7) is 2.65. The fourth-order valence-corrected chi connectivity index (χ4v) is 5.20. The van der Waals surface area contributed by atoms with Gasteiger partial charge in [-0.05, 0) is 31.0 Å². The van der Waals surface area contributed by atoms with Gasteiger partial charge in [0.05, 0.1) is 30.2 Å². The number of hydrogen-bond donors (Lipinski definition) is 3. The average molecular weight is 445 g/mol. The minimum Gasteiger partial charge on any atom is -0.395 e. The Morgan fingerprint density at radius 1 is 1.06 bits per heavy atom. The quantitative estimate of drug-likeness (QED) is 0.432. The van der Waals surface area contributed by atoms with Gasteiger partial charge >= 0.3 is 0 Å². The normalized spacial score (nSPS) is 19.5. The highest BCUT2D eigenvalue weighted by Crippen LogP contribution is 2.37. The number of fused-ring (bicyclic) bond motifs is 3. The van der Waals surface area contributed by atoms with Gasteiger partial charge in [-0.1, -0.05) is 12.8 Å². The van der Waals surface area contributed by atoms with E-state index in [9.17, 15) is 5.11 Å². The van der Waals surface area contributed by atoms with Gasteiger partial charge in [0.15, 0.2) is 0 Å². The van der Waals surface area contributed by atoms with Crippen LogP contribution in [0.4, 0.5) is 17.5 Å². The summed E-state index contributed by atoms with van der Waals surface area (Å²) in [5.41, 5.74) is 3.13. The Bertz CT molecular complexity index is 1260. The van der Waals surface area contributed by atoms with Crippen LogP contribution in [0.25, 0.3) is 21.9 Å². The second-order valence-corrected chi connectivity index (χ2v) is 8.94. The van der Waals surface area contributed by atoms with Crippen LogP contribution in [0.1, 0.15) is 31.7 Å². The molecule has 170 valence electrons. The highest BCUT2D eigenvalue weighted by molar-refractivity contribution is 6.06. The molecule has 0 spiro atoms. The number of rotatable bonds is 5. The third kappa shape index (κ3) is 3.77. The SMILES string of the molecule is OC[C@H]1CN(c2ccc(Nc3ncc4c5ccncc5n(C5CCCC5)c4n3)nc2)CCN1. The maximum atomic E-state index is 9.44. The van der Waals surface area contributed by atoms with Gasteiger partial charge in [0.1, 0.15) is 11.5 Å². The van der Waals surface area contributed by atoms with Gasteiger partial charge in [0, 0.05) is 54.9 Å². The number of piperazine rings is 1. The number of anilines is 3. The number of aliphatic hydroxyl groups excluding tert-OH is 1. The molecule has 1 atom stereocenters. The Hall–Kier alpha value is -3.30. The van der Waals surface area contributed by atoms with Crippen LogP contribution in [-0.2, 0) is 0 Å². The summed E-state index contributed by atoms with van der Waals surface area (Å²) in [4.78, 5) is 20.7. The van der Waals surface area contributed by atoms with Crippen LogP contribution in [0.15, 0.2) is 43.0 Å². The lowest BCUT2D eigenvalue weighted by Crippen LogP contribution is -2.52. The lowest BCUT2D eigenvalue weighted by molar-refractivity contribution is 0.235. The standard InChI is InChI=1S/C24H28N8O/c33-15-16-14-31(10-9-26-16)18-5-6-22(27-11-18)29-24-28-12-20-19-7-8-25-13-21(19)32(23(20)30-24)17-3-1-2-4-17/h5-8,11-13,16-17,26,33H,1-4,9-10,14-15H2,(H,27,28,29,30)/t16-/m1/s1. The molecule has 1 aliphatic heterocycles. The molecule has 0 radical (unpaired) electrons. The molecule has 1 aliphatic carbocycles. The molecule has 3 N–H and O–H groups in total. The summed E-state index contributed by atoms with van der Waals surface area (Å²) in [6.07, 6.45) is 12.4. The van der Waals surface area contributed by atoms with E-state index in [2.05, 4.69) is 47.2 Å². The van der Waals surface area contributed by atoms with E-state index in [-0.39, 0.29) is 12.6 Å². The number of nitrogens with one attached hydrogen (secondary N) is 2. The molecular weight excluding hydrogens is 416 g/mol. The Balaban J connectivity index is 1.29. The molecule has 4 aromatic heterocycles. The molecule has 2 aliphatic rings. The van der Waals surface area contributed by atoms with Crippen molar-refractivity contribution in [1.29, 1.82) is 0 Å². The van der Waals surface area contributed by atoms with Crippen LogP contribution >= 0.6 is 0 Å². The summed E-state index contributed by atoms with van der Waals surface area (Å²) in [7, 11) is 0. The van der Waals surface area contributed by atoms with Crippen molar-refractivity contribution in [3.8, 4) is 0 Å². The van der Waals surface area contributed by atoms with Crippen molar-refractivity contribution >= 4 is 39.4 Å². The van der Waals surface area contributed by atoms with Crippen molar-refractivity contribution in [1.82, 2.24) is 29.8 Å². The monoisotopic (exact) mass is 444 g/mol. The van der Waals surface area contributed by atoms with Crippen molar-refractivity contribution < 1.29 is 5.11 Å². The Morgan fingerprint density at radius 3 is 2.79 bits per heavy atom. The molecule has 33 heavy (non-hydrogen) atoms. The zero-order valence-corrected chi connectivity index (χ0v) is 18.5. The van der Waals surface area contributed by atoms with Gasteiger partial charge in [-0.3, -0.25) is 4.98 Å². The molecular formula is C24H28N8O. The Labute approximate surface area is 191 Å². The van der Waals surface area contributed by atoms with E-state index >= 15 is 0 Å². The van der Waals surface area contributed by atoms with Crippen molar-refractivity contribution in [3.05, 3.63) is 43.0 Å². The van der Waals surface area contributed by atoms with Gasteiger partial charge in [0.25, 0.3) is 0 Å². The second kappa shape index (κ2) is 8.57. The van der Waals surface area contributed by atoms with Gasteiger partial charge in [0.2, 0.25) is 5.95 Å². The van der Waals surface area contributed by atoms with E-state index in [4.69, 9.17) is 4.98 Å². The van der Waals surface area contributed by atoms with Crippen molar-refractivity contribution in [2.75, 3.05) is 36.5 Å². The molecule has 9 nitrogen and oxygen atoms in total. The number of aliphatic hydroxyl groups is 1. The third-order valence-corrected chi connectivity index (χ3v) is 6.87. The Kier molecular flexibility index (Phi) is 5.27. The number of hydrogen-bond acceptors (Lipinski definition) is 8. The minimum absolute atomic E-state index is 0.0958. The van der Waals surface area contributed by atoms with Crippen molar-refractivity contribution in [2.24, 2.45) is 0 Å². The lowest BCUT2D eigenvalue weighted by atomic mass is 10.2. The summed E-state index contributed by atoms with van der Waals surface area (Å²) in [5, 5.41) is 18.2. The third-order valence-electron chi connectivity index (χ3n) is 6.87. The van der Waals surface area contributed by atoms with Gasteiger partial charge in [-0.25, -0.2) is 9.97 Å². The second-order valence-electron chi connectivity index (χ2n) is 8.94. The topological polar surface area (TPSA) is 104 Å². The maximum absolute atomic E-state index is 9.44. The molecule has 9 heteroatoms. The van der Waals surface area contributed by atoms with Crippen LogP contribution in [-0.4, -0.2) is 61.9 Å². The molecule has 1 saturated heterocycles. The molecule has 0 aromatic carbocycles. The van der Waals surface area contributed by atoms with E-state index < -0.39 is 0 Å². The molecule has 1 saturated carbocycles. The maximum Gasteiger partial charge on any atom is 0.230 e. The largest absolute Gasteiger partial charge is 0.395 e. The zero-order valence-electron chi connectivity index (χ0n) is 18.5. The minimum atomic E-state index is 0.0958. The van der Waals surface area contributed by atoms with Gasteiger partial charge in [-0.2, -0.15) is 4.98 Å². The van der Waals surface area contributed by atoms with Crippen molar-refractivity contribution in [3.63, 3.8) is 0 Å². The molecule has 0 bridgehead atoms. The molecule has 4 aromatic rings. The summed E-state index contributed by atoms with van der Waals surface area (Å²) in [5.74, 6) is 1.25. The van der Waals surface area contributed by atoms with Crippen LogP contribution < -0.4 is 15.5 Å². The first-order valence-corrected chi connectivity index (χ1v) is 11.7. The van der Waals surface area contributed by atoms with Crippen molar-refractivity contribution in [2.45, 2.75) is 37.8 Å². The fraction of sp³-hybridized carbons (Fsp3) is 0.417. The number of nitrogens with zero attached hydrogens (tertiary/aromatic N) is 6. The fourth-order valence-electron chi connectivity index (χ4n) is 5.20. The molecule has 0 amide bonds. The predicted molar refractivity (Wildman–Crippen MR) is 129 cm³/mol. The van der Waals surface area contributed by atoms with Crippen LogP contribution in [0.5, 0.6) is 0 Å². The first kappa shape index (κ1) is 20.3. The molecule has 2 fully saturated rings. The summed E-state index contributed by atoms with van der Waals surface area (Å²) in [6, 6.07) is 6.61. The van der Waals surface area contributed by atoms with E-state index in [0.29, 0.717) is 17.8 Å². The highest BCUT2D eigenvalue weighted by atomic mass is 16.3. The number of aromatic nitrogens is 5. The zero-order chi connectivity index (χ0) is 22.2. The summed E-state index contributed by atoms with van der Waals surface area (Å²) >= 11 is 0. The molecule has 6 rings (SSSR count). The van der Waals surface area contributed by atoms with E-state index in [1.54, 1.807) is 0 Å². The summed E-state index contributed by atoms with van der Waals surface area (Å²) < 4.78 is 2.36. The highest BCUT2D eigenvalue weighted by Gasteiger charge is 2.23. The first-order valence-electron chi connectivity index (χ1n) is 11.7. The Morgan fingerprint density at radius 2 is 1.97 bits per heavy atom. The molecule has 0 unspecified atom stereocenters. The van der Waals surface area contributed by atoms with Crippen LogP contribution in [0.2, 0.25) is 0 Å². The molecule has 5 heterocycles. The van der Waals surface area contributed by atoms with Crippen LogP contribution in [0, 0.1) is 0 Å². The smallest absolute Gasteiger partial charge is 0.230 e. The van der Waals surface area contributed by atoms with Crippen LogP contribution in [0.3, 0.4) is 0 Å².